The van der Waals surface area contributed by atoms with Crippen molar-refractivity contribution < 1.29 is 26.3 Å². The van der Waals surface area contributed by atoms with Gasteiger partial charge < -0.3 is 0 Å². The van der Waals surface area contributed by atoms with Gasteiger partial charge in [-0.05, 0) is 24.6 Å². The number of halogens is 7. The molecule has 0 radical (unpaired) electrons. The first-order valence-electron chi connectivity index (χ1n) is 3.98. The Morgan fingerprint density at radius 1 is 0.938 bits per heavy atom. The number of benzene rings is 1. The number of hydrogen-bond acceptors (Lipinski definition) is 0. The molecule has 0 aliphatic carbocycles. The van der Waals surface area contributed by atoms with Crippen molar-refractivity contribution in [3.8, 4) is 0 Å². The van der Waals surface area contributed by atoms with Crippen molar-refractivity contribution in [2.75, 3.05) is 0 Å². The quantitative estimate of drug-likeness (QED) is 0.595. The third-order valence-electron chi connectivity index (χ3n) is 2.00. The summed E-state index contributed by atoms with van der Waals surface area (Å²) >= 11 is 5.25. The first kappa shape index (κ1) is 13.2. The van der Waals surface area contributed by atoms with Gasteiger partial charge in [0.25, 0.3) is 0 Å². The van der Waals surface area contributed by atoms with Crippen LogP contribution in [0.4, 0.5) is 26.3 Å². The predicted octanol–water partition coefficient (Wildman–Crippen LogP) is 4.69. The molecule has 1 aromatic carbocycles. The lowest BCUT2D eigenvalue weighted by Crippen LogP contribution is -2.15. The van der Waals surface area contributed by atoms with E-state index in [4.69, 9.17) is 11.6 Å². The van der Waals surface area contributed by atoms with Crippen LogP contribution in [0.3, 0.4) is 0 Å². The Morgan fingerprint density at radius 2 is 1.44 bits per heavy atom. The van der Waals surface area contributed by atoms with Gasteiger partial charge >= 0.3 is 12.4 Å². The van der Waals surface area contributed by atoms with Crippen LogP contribution in [0.1, 0.15) is 16.7 Å². The summed E-state index contributed by atoms with van der Waals surface area (Å²) < 4.78 is 74.3. The van der Waals surface area contributed by atoms with Crippen LogP contribution < -0.4 is 0 Å². The van der Waals surface area contributed by atoms with E-state index in [0.717, 1.165) is 6.92 Å². The molecule has 0 aliphatic heterocycles. The van der Waals surface area contributed by atoms with Gasteiger partial charge in [0.15, 0.2) is 0 Å². The maximum atomic E-state index is 12.4. The molecule has 0 nitrogen and oxygen atoms in total. The van der Waals surface area contributed by atoms with E-state index in [2.05, 4.69) is 0 Å². The van der Waals surface area contributed by atoms with Crippen molar-refractivity contribution in [3.63, 3.8) is 0 Å². The molecule has 16 heavy (non-hydrogen) atoms. The standard InChI is InChI=1S/C9H5ClF6/c1-4-5(8(11,12)13)2-3-6(10)7(4)9(14,15)16/h2-3H,1H3. The van der Waals surface area contributed by atoms with E-state index in [0.29, 0.717) is 12.1 Å². The predicted molar refractivity (Wildman–Crippen MR) is 46.2 cm³/mol. The summed E-state index contributed by atoms with van der Waals surface area (Å²) in [6, 6.07) is 1.13. The zero-order valence-electron chi connectivity index (χ0n) is 7.80. The molecule has 1 rings (SSSR count). The minimum Gasteiger partial charge on any atom is -0.166 e. The molecular weight excluding hydrogens is 258 g/mol. The van der Waals surface area contributed by atoms with Crippen molar-refractivity contribution in [1.29, 1.82) is 0 Å². The van der Waals surface area contributed by atoms with Gasteiger partial charge in [0.05, 0.1) is 16.1 Å². The third-order valence-corrected chi connectivity index (χ3v) is 2.32. The van der Waals surface area contributed by atoms with Gasteiger partial charge in [-0.25, -0.2) is 0 Å². The summed E-state index contributed by atoms with van der Waals surface area (Å²) in [5.41, 5.74) is -3.68. The monoisotopic (exact) mass is 262 g/mol. The Morgan fingerprint density at radius 3 is 1.81 bits per heavy atom. The molecule has 0 spiro atoms. The van der Waals surface area contributed by atoms with Gasteiger partial charge in [-0.1, -0.05) is 11.6 Å². The molecule has 90 valence electrons. The average molecular weight is 263 g/mol. The molecule has 0 aliphatic rings. The van der Waals surface area contributed by atoms with Crippen molar-refractivity contribution in [3.05, 3.63) is 33.8 Å². The van der Waals surface area contributed by atoms with Crippen molar-refractivity contribution in [1.82, 2.24) is 0 Å². The van der Waals surface area contributed by atoms with Gasteiger partial charge in [0.2, 0.25) is 0 Å². The molecule has 0 unspecified atom stereocenters. The topological polar surface area (TPSA) is 0 Å². The number of rotatable bonds is 0. The molecule has 0 saturated carbocycles. The second-order valence-electron chi connectivity index (χ2n) is 3.09. The zero-order valence-corrected chi connectivity index (χ0v) is 8.56. The Labute approximate surface area is 91.8 Å². The summed E-state index contributed by atoms with van der Waals surface area (Å²) in [7, 11) is 0. The second-order valence-corrected chi connectivity index (χ2v) is 3.50. The second kappa shape index (κ2) is 3.84. The Bertz CT molecular complexity index is 404. The van der Waals surface area contributed by atoms with Crippen molar-refractivity contribution >= 4 is 11.6 Å². The Balaban J connectivity index is 3.52. The molecule has 0 bridgehead atoms. The zero-order chi connectivity index (χ0) is 12.7. The normalized spacial score (nSPS) is 13.0. The van der Waals surface area contributed by atoms with E-state index in [1.54, 1.807) is 0 Å². The molecule has 7 heteroatoms. The minimum atomic E-state index is -4.90. The lowest BCUT2D eigenvalue weighted by Gasteiger charge is -2.17. The van der Waals surface area contributed by atoms with Crippen molar-refractivity contribution in [2.45, 2.75) is 19.3 Å². The molecule has 1 aromatic rings. The maximum Gasteiger partial charge on any atom is 0.418 e. The van der Waals surface area contributed by atoms with Crippen LogP contribution in [-0.4, -0.2) is 0 Å². The van der Waals surface area contributed by atoms with Gasteiger partial charge in [-0.3, -0.25) is 0 Å². The van der Waals surface area contributed by atoms with Crippen LogP contribution in [0.5, 0.6) is 0 Å². The molecule has 0 atom stereocenters. The fourth-order valence-electron chi connectivity index (χ4n) is 1.33. The van der Waals surface area contributed by atoms with Gasteiger partial charge in [0.1, 0.15) is 0 Å². The highest BCUT2D eigenvalue weighted by molar-refractivity contribution is 6.31. The summed E-state index contributed by atoms with van der Waals surface area (Å²) in [5, 5.41) is -0.738. The molecule has 0 saturated heterocycles. The Kier molecular flexibility index (Phi) is 3.15. The van der Waals surface area contributed by atoms with Gasteiger partial charge in [-0.2, -0.15) is 26.3 Å². The summed E-state index contributed by atoms with van der Waals surface area (Å²) in [5.74, 6) is 0. The van der Waals surface area contributed by atoms with Crippen LogP contribution in [0, 0.1) is 6.92 Å². The molecule has 0 heterocycles. The molecule has 0 amide bonds. The van der Waals surface area contributed by atoms with Crippen LogP contribution >= 0.6 is 11.6 Å². The largest absolute Gasteiger partial charge is 0.418 e. The van der Waals surface area contributed by atoms with Crippen LogP contribution in [-0.2, 0) is 12.4 Å². The smallest absolute Gasteiger partial charge is 0.166 e. The van der Waals surface area contributed by atoms with Crippen LogP contribution in [0.2, 0.25) is 5.02 Å². The summed E-state index contributed by atoms with van der Waals surface area (Å²) in [6.45, 7) is 0.748. The van der Waals surface area contributed by atoms with Crippen LogP contribution in [0.15, 0.2) is 12.1 Å². The highest BCUT2D eigenvalue weighted by Gasteiger charge is 2.40. The first-order valence-corrected chi connectivity index (χ1v) is 4.36. The number of alkyl halides is 6. The molecule has 0 fully saturated rings. The average Bonchev–Trinajstić information content (AvgIpc) is 1.97. The fourth-order valence-corrected chi connectivity index (χ4v) is 1.65. The van der Waals surface area contributed by atoms with E-state index in [9.17, 15) is 26.3 Å². The highest BCUT2D eigenvalue weighted by Crippen LogP contribution is 2.42. The van der Waals surface area contributed by atoms with E-state index < -0.39 is 34.1 Å². The molecule has 0 aromatic heterocycles. The van der Waals surface area contributed by atoms with Crippen molar-refractivity contribution in [2.24, 2.45) is 0 Å². The minimum absolute atomic E-state index is 0.535. The van der Waals surface area contributed by atoms with Gasteiger partial charge in [-0.15, -0.1) is 0 Å². The lowest BCUT2D eigenvalue weighted by molar-refractivity contribution is -0.143. The first-order chi connectivity index (χ1) is 7.05. The van der Waals surface area contributed by atoms with Crippen LogP contribution in [0.25, 0.3) is 0 Å². The maximum absolute atomic E-state index is 12.4. The lowest BCUT2D eigenvalue weighted by atomic mass is 10.0. The number of hydrogen-bond donors (Lipinski definition) is 0. The van der Waals surface area contributed by atoms with E-state index in [1.807, 2.05) is 0 Å². The van der Waals surface area contributed by atoms with E-state index >= 15 is 0 Å². The SMILES string of the molecule is Cc1c(C(F)(F)F)ccc(Cl)c1C(F)(F)F. The van der Waals surface area contributed by atoms with E-state index in [1.165, 1.54) is 0 Å². The third kappa shape index (κ3) is 2.42. The van der Waals surface area contributed by atoms with E-state index in [-0.39, 0.29) is 0 Å². The molecule has 0 N–H and O–H groups in total. The fraction of sp³-hybridized carbons (Fsp3) is 0.333. The summed E-state index contributed by atoms with van der Waals surface area (Å²) in [4.78, 5) is 0. The molecular formula is C9H5ClF6. The Hall–Kier alpha value is -0.910. The highest BCUT2D eigenvalue weighted by atomic mass is 35.5. The van der Waals surface area contributed by atoms with Gasteiger partial charge in [0, 0.05) is 0 Å². The summed E-state index contributed by atoms with van der Waals surface area (Å²) in [6.07, 6.45) is -9.73.